The Hall–Kier alpha value is -0.480. The average molecular weight is 328 g/mol. The van der Waals surface area contributed by atoms with E-state index in [1.807, 2.05) is 35.4 Å². The van der Waals surface area contributed by atoms with E-state index in [4.69, 9.17) is 0 Å². The molecule has 1 aliphatic heterocycles. The van der Waals surface area contributed by atoms with Crippen LogP contribution in [0.3, 0.4) is 0 Å². The lowest BCUT2D eigenvalue weighted by molar-refractivity contribution is 0.0702. The van der Waals surface area contributed by atoms with Crippen molar-refractivity contribution in [1.29, 1.82) is 0 Å². The highest BCUT2D eigenvalue weighted by atomic mass is 79.9. The van der Waals surface area contributed by atoms with Crippen LogP contribution in [0.15, 0.2) is 29.2 Å². The Morgan fingerprint density at radius 2 is 2.17 bits per heavy atom. The van der Waals surface area contributed by atoms with Crippen LogP contribution in [0.4, 0.5) is 0 Å². The summed E-state index contributed by atoms with van der Waals surface area (Å²) < 4.78 is 0. The molecular weight excluding hydrogens is 310 g/mol. The van der Waals surface area contributed by atoms with Crippen LogP contribution in [0.5, 0.6) is 0 Å². The van der Waals surface area contributed by atoms with Gasteiger partial charge >= 0.3 is 0 Å². The molecule has 2 atom stereocenters. The lowest BCUT2D eigenvalue weighted by Crippen LogP contribution is -2.43. The van der Waals surface area contributed by atoms with Gasteiger partial charge < -0.3 is 4.90 Å². The molecule has 1 aliphatic rings. The molecule has 1 aromatic rings. The molecule has 2 nitrogen and oxygen atoms in total. The molecule has 2 unspecified atom stereocenters. The van der Waals surface area contributed by atoms with Gasteiger partial charge in [-0.05, 0) is 30.7 Å². The van der Waals surface area contributed by atoms with Crippen molar-refractivity contribution in [2.45, 2.75) is 23.1 Å². The van der Waals surface area contributed by atoms with E-state index in [1.165, 1.54) is 0 Å². The molecule has 1 aromatic carbocycles. The van der Waals surface area contributed by atoms with Gasteiger partial charge in [0.2, 0.25) is 0 Å². The zero-order valence-electron chi connectivity index (χ0n) is 10.7. The summed E-state index contributed by atoms with van der Waals surface area (Å²) in [6, 6.07) is 7.85. The van der Waals surface area contributed by atoms with Gasteiger partial charge in [0.25, 0.3) is 5.91 Å². The van der Waals surface area contributed by atoms with Gasteiger partial charge in [0.1, 0.15) is 0 Å². The highest BCUT2D eigenvalue weighted by molar-refractivity contribution is 9.09. The molecule has 0 aliphatic carbocycles. The number of thioether (sulfide) groups is 1. The minimum absolute atomic E-state index is 0.163. The van der Waals surface area contributed by atoms with Crippen molar-refractivity contribution in [2.24, 2.45) is 5.92 Å². The Balaban J connectivity index is 2.16. The first-order valence-corrected chi connectivity index (χ1v) is 8.34. The molecule has 2 rings (SSSR count). The van der Waals surface area contributed by atoms with Crippen LogP contribution in [0.25, 0.3) is 0 Å². The number of piperidine rings is 1. The van der Waals surface area contributed by atoms with Gasteiger partial charge in [-0.2, -0.15) is 0 Å². The predicted molar refractivity (Wildman–Crippen MR) is 80.6 cm³/mol. The van der Waals surface area contributed by atoms with Crippen molar-refractivity contribution in [2.75, 3.05) is 19.3 Å². The fourth-order valence-electron chi connectivity index (χ4n) is 2.20. The van der Waals surface area contributed by atoms with Crippen LogP contribution in [0.2, 0.25) is 0 Å². The van der Waals surface area contributed by atoms with Gasteiger partial charge in [-0.1, -0.05) is 35.0 Å². The summed E-state index contributed by atoms with van der Waals surface area (Å²) >= 11 is 5.30. The second-order valence-corrected chi connectivity index (χ2v) is 6.76. The maximum atomic E-state index is 12.5. The standard InChI is InChI=1S/C14H18BrNOS/c1-10-7-8-16(9-12(10)15)14(17)11-5-3-4-6-13(11)18-2/h3-6,10,12H,7-9H2,1-2H3. The van der Waals surface area contributed by atoms with Crippen molar-refractivity contribution in [3.63, 3.8) is 0 Å². The summed E-state index contributed by atoms with van der Waals surface area (Å²) in [4.78, 5) is 16.0. The summed E-state index contributed by atoms with van der Waals surface area (Å²) in [6.07, 6.45) is 3.08. The third-order valence-corrected chi connectivity index (χ3v) is 5.48. The van der Waals surface area contributed by atoms with Gasteiger partial charge in [0.05, 0.1) is 5.56 Å². The molecular formula is C14H18BrNOS. The van der Waals surface area contributed by atoms with Crippen molar-refractivity contribution >= 4 is 33.6 Å². The number of alkyl halides is 1. The molecule has 1 heterocycles. The van der Waals surface area contributed by atoms with E-state index < -0.39 is 0 Å². The summed E-state index contributed by atoms with van der Waals surface area (Å²) in [5.41, 5.74) is 0.833. The van der Waals surface area contributed by atoms with Gasteiger partial charge in [-0.25, -0.2) is 0 Å². The van der Waals surface area contributed by atoms with E-state index >= 15 is 0 Å². The molecule has 0 saturated carbocycles. The third kappa shape index (κ3) is 2.91. The Kier molecular flexibility index (Phi) is 4.73. The van der Waals surface area contributed by atoms with Crippen LogP contribution < -0.4 is 0 Å². The smallest absolute Gasteiger partial charge is 0.255 e. The molecule has 1 fully saturated rings. The fraction of sp³-hybridized carbons (Fsp3) is 0.500. The van der Waals surface area contributed by atoms with Crippen LogP contribution in [0.1, 0.15) is 23.7 Å². The van der Waals surface area contributed by atoms with Crippen LogP contribution >= 0.6 is 27.7 Å². The summed E-state index contributed by atoms with van der Waals surface area (Å²) in [6.45, 7) is 3.91. The predicted octanol–water partition coefficient (Wildman–Crippen LogP) is 3.65. The first kappa shape index (κ1) is 13.9. The minimum Gasteiger partial charge on any atom is -0.337 e. The number of nitrogens with zero attached hydrogens (tertiary/aromatic N) is 1. The summed E-state index contributed by atoms with van der Waals surface area (Å²) in [5.74, 6) is 0.807. The Morgan fingerprint density at radius 3 is 2.83 bits per heavy atom. The molecule has 0 aromatic heterocycles. The molecule has 0 spiro atoms. The van der Waals surface area contributed by atoms with E-state index in [-0.39, 0.29) is 5.91 Å². The van der Waals surface area contributed by atoms with Gasteiger partial charge in [0.15, 0.2) is 0 Å². The second kappa shape index (κ2) is 6.11. The number of likely N-dealkylation sites (tertiary alicyclic amines) is 1. The molecule has 1 saturated heterocycles. The van der Waals surface area contributed by atoms with Crippen LogP contribution in [-0.4, -0.2) is 35.0 Å². The fourth-order valence-corrected chi connectivity index (χ4v) is 3.40. The number of hydrogen-bond acceptors (Lipinski definition) is 2. The van der Waals surface area contributed by atoms with Crippen molar-refractivity contribution in [3.8, 4) is 0 Å². The van der Waals surface area contributed by atoms with Gasteiger partial charge in [-0.15, -0.1) is 11.8 Å². The van der Waals surface area contributed by atoms with E-state index in [1.54, 1.807) is 11.8 Å². The topological polar surface area (TPSA) is 20.3 Å². The highest BCUT2D eigenvalue weighted by Crippen LogP contribution is 2.27. The number of halogens is 1. The van der Waals surface area contributed by atoms with E-state index in [9.17, 15) is 4.79 Å². The Labute approximate surface area is 121 Å². The quantitative estimate of drug-likeness (QED) is 0.610. The normalized spacial score (nSPS) is 24.1. The SMILES string of the molecule is CSc1ccccc1C(=O)N1CCC(C)C(Br)C1. The monoisotopic (exact) mass is 327 g/mol. The summed E-state index contributed by atoms with van der Waals surface area (Å²) in [5, 5.41) is 0. The zero-order valence-corrected chi connectivity index (χ0v) is 13.1. The minimum atomic E-state index is 0.163. The maximum Gasteiger partial charge on any atom is 0.255 e. The number of rotatable bonds is 2. The lowest BCUT2D eigenvalue weighted by atomic mass is 9.98. The van der Waals surface area contributed by atoms with Gasteiger partial charge in [0, 0.05) is 22.8 Å². The molecule has 1 amide bonds. The Bertz CT molecular complexity index is 438. The highest BCUT2D eigenvalue weighted by Gasteiger charge is 2.28. The maximum absolute atomic E-state index is 12.5. The van der Waals surface area contributed by atoms with E-state index in [2.05, 4.69) is 22.9 Å². The van der Waals surface area contributed by atoms with Crippen LogP contribution in [-0.2, 0) is 0 Å². The molecule has 0 N–H and O–H groups in total. The zero-order chi connectivity index (χ0) is 13.1. The lowest BCUT2D eigenvalue weighted by Gasteiger charge is -2.34. The Morgan fingerprint density at radius 1 is 1.44 bits per heavy atom. The van der Waals surface area contributed by atoms with E-state index in [0.29, 0.717) is 10.7 Å². The summed E-state index contributed by atoms with van der Waals surface area (Å²) in [7, 11) is 0. The van der Waals surface area contributed by atoms with Crippen molar-refractivity contribution < 1.29 is 4.79 Å². The molecule has 18 heavy (non-hydrogen) atoms. The molecule has 4 heteroatoms. The number of amides is 1. The first-order chi connectivity index (χ1) is 8.63. The molecule has 0 radical (unpaired) electrons. The molecule has 98 valence electrons. The van der Waals surface area contributed by atoms with Crippen LogP contribution in [0, 0.1) is 5.92 Å². The van der Waals surface area contributed by atoms with E-state index in [0.717, 1.165) is 30.0 Å². The number of carbonyl (C=O) groups excluding carboxylic acids is 1. The molecule has 0 bridgehead atoms. The third-order valence-electron chi connectivity index (χ3n) is 3.49. The second-order valence-electron chi connectivity index (χ2n) is 4.73. The number of carbonyl (C=O) groups is 1. The first-order valence-electron chi connectivity index (χ1n) is 6.20. The van der Waals surface area contributed by atoms with Crippen molar-refractivity contribution in [3.05, 3.63) is 29.8 Å². The number of hydrogen-bond donors (Lipinski definition) is 0. The largest absolute Gasteiger partial charge is 0.337 e. The van der Waals surface area contributed by atoms with Gasteiger partial charge in [-0.3, -0.25) is 4.79 Å². The van der Waals surface area contributed by atoms with Crippen molar-refractivity contribution in [1.82, 2.24) is 4.90 Å². The number of benzene rings is 1. The average Bonchev–Trinajstić information content (AvgIpc) is 2.41.